The zero-order chi connectivity index (χ0) is 12.4. The van der Waals surface area contributed by atoms with E-state index >= 15 is 0 Å². The molecule has 0 aliphatic rings. The van der Waals surface area contributed by atoms with Gasteiger partial charge in [0, 0.05) is 6.07 Å². The molecule has 0 unspecified atom stereocenters. The number of aromatic nitrogens is 1. The molecule has 2 rings (SSSR count). The van der Waals surface area contributed by atoms with Crippen LogP contribution < -0.4 is 15.2 Å². The topological polar surface area (TPSA) is 70.5 Å². The lowest BCUT2D eigenvalue weighted by atomic mass is 10.1. The maximum atomic E-state index is 5.61. The van der Waals surface area contributed by atoms with Crippen LogP contribution in [-0.4, -0.2) is 19.4 Å². The quantitative estimate of drug-likeness (QED) is 0.943. The number of hydrogen-bond donors (Lipinski definition) is 1. The maximum absolute atomic E-state index is 5.61. The second-order valence-electron chi connectivity index (χ2n) is 3.28. The zero-order valence-electron chi connectivity index (χ0n) is 9.36. The summed E-state index contributed by atoms with van der Waals surface area (Å²) in [7, 11) is 3.17. The number of rotatable bonds is 3. The third kappa shape index (κ3) is 2.08. The molecule has 0 radical (unpaired) electrons. The second-order valence-corrected chi connectivity index (χ2v) is 4.07. The zero-order valence-corrected chi connectivity index (χ0v) is 10.9. The van der Waals surface area contributed by atoms with Gasteiger partial charge in [0.25, 0.3) is 0 Å². The highest BCUT2D eigenvalue weighted by atomic mass is 79.9. The Morgan fingerprint density at radius 3 is 2.59 bits per heavy atom. The van der Waals surface area contributed by atoms with Gasteiger partial charge >= 0.3 is 0 Å². The number of halogens is 1. The van der Waals surface area contributed by atoms with Gasteiger partial charge in [-0.3, -0.25) is 0 Å². The van der Waals surface area contributed by atoms with Crippen molar-refractivity contribution in [2.75, 3.05) is 20.0 Å². The number of nitrogen functional groups attached to an aromatic ring is 1. The van der Waals surface area contributed by atoms with Crippen molar-refractivity contribution in [1.29, 1.82) is 0 Å². The Kier molecular flexibility index (Phi) is 3.23. The van der Waals surface area contributed by atoms with Gasteiger partial charge in [-0.25, -0.2) is 0 Å². The molecule has 17 heavy (non-hydrogen) atoms. The monoisotopic (exact) mass is 298 g/mol. The summed E-state index contributed by atoms with van der Waals surface area (Å²) in [6.45, 7) is 0. The second kappa shape index (κ2) is 4.67. The molecule has 0 aliphatic heterocycles. The molecule has 2 aromatic rings. The molecule has 0 atom stereocenters. The van der Waals surface area contributed by atoms with Gasteiger partial charge in [0.2, 0.25) is 0 Å². The molecular formula is C11H11BrN2O3. The summed E-state index contributed by atoms with van der Waals surface area (Å²) in [4.78, 5) is 0. The highest BCUT2D eigenvalue weighted by Gasteiger charge is 2.17. The van der Waals surface area contributed by atoms with Crippen LogP contribution in [0.15, 0.2) is 27.2 Å². The van der Waals surface area contributed by atoms with Crippen LogP contribution in [-0.2, 0) is 0 Å². The standard InChI is InChI=1S/C11H11BrN2O3/c1-15-6-3-4-7(8(5-6)16-2)10-9(12)11(13)14-17-10/h3-5H,1-2H3,(H2,13,14). The van der Waals surface area contributed by atoms with E-state index in [1.807, 2.05) is 12.1 Å². The number of methoxy groups -OCH3 is 2. The third-order valence-electron chi connectivity index (χ3n) is 2.31. The van der Waals surface area contributed by atoms with E-state index in [1.54, 1.807) is 20.3 Å². The van der Waals surface area contributed by atoms with Crippen LogP contribution in [0.5, 0.6) is 11.5 Å². The molecule has 2 N–H and O–H groups in total. The highest BCUT2D eigenvalue weighted by Crippen LogP contribution is 2.39. The lowest BCUT2D eigenvalue weighted by Crippen LogP contribution is -1.90. The summed E-state index contributed by atoms with van der Waals surface area (Å²) in [6.07, 6.45) is 0. The maximum Gasteiger partial charge on any atom is 0.187 e. The number of nitrogens with zero attached hydrogens (tertiary/aromatic N) is 1. The van der Waals surface area contributed by atoms with Gasteiger partial charge in [0.1, 0.15) is 16.0 Å². The van der Waals surface area contributed by atoms with E-state index in [9.17, 15) is 0 Å². The van der Waals surface area contributed by atoms with Gasteiger partial charge in [-0.05, 0) is 28.1 Å². The lowest BCUT2D eigenvalue weighted by Gasteiger charge is -2.08. The first-order valence-electron chi connectivity index (χ1n) is 4.80. The number of hydrogen-bond acceptors (Lipinski definition) is 5. The average Bonchev–Trinajstić information content (AvgIpc) is 2.69. The number of nitrogens with two attached hydrogens (primary N) is 1. The van der Waals surface area contributed by atoms with Crippen LogP contribution in [0.25, 0.3) is 11.3 Å². The summed E-state index contributed by atoms with van der Waals surface area (Å²) in [5, 5.41) is 3.68. The van der Waals surface area contributed by atoms with E-state index in [-0.39, 0.29) is 0 Å². The molecule has 1 aromatic carbocycles. The summed E-state index contributed by atoms with van der Waals surface area (Å²) in [5.41, 5.74) is 6.36. The van der Waals surface area contributed by atoms with Gasteiger partial charge in [-0.2, -0.15) is 0 Å². The number of ether oxygens (including phenoxy) is 2. The van der Waals surface area contributed by atoms with E-state index in [2.05, 4.69) is 21.1 Å². The van der Waals surface area contributed by atoms with E-state index in [0.717, 1.165) is 5.56 Å². The number of anilines is 1. The first kappa shape index (κ1) is 11.8. The van der Waals surface area contributed by atoms with Gasteiger partial charge in [0.15, 0.2) is 11.6 Å². The van der Waals surface area contributed by atoms with Crippen molar-refractivity contribution >= 4 is 21.7 Å². The Morgan fingerprint density at radius 2 is 2.06 bits per heavy atom. The van der Waals surface area contributed by atoms with Crippen molar-refractivity contribution in [1.82, 2.24) is 5.16 Å². The molecule has 0 saturated carbocycles. The SMILES string of the molecule is COc1ccc(-c2onc(N)c2Br)c(OC)c1. The summed E-state index contributed by atoms with van der Waals surface area (Å²) >= 11 is 3.32. The highest BCUT2D eigenvalue weighted by molar-refractivity contribution is 9.10. The first-order valence-corrected chi connectivity index (χ1v) is 5.59. The molecule has 1 aromatic heterocycles. The van der Waals surface area contributed by atoms with Crippen molar-refractivity contribution in [3.05, 3.63) is 22.7 Å². The molecule has 0 aliphatic carbocycles. The van der Waals surface area contributed by atoms with E-state index in [1.165, 1.54) is 0 Å². The Labute approximate surface area is 107 Å². The molecule has 0 bridgehead atoms. The minimum Gasteiger partial charge on any atom is -0.497 e. The van der Waals surface area contributed by atoms with Crippen molar-refractivity contribution in [3.63, 3.8) is 0 Å². The molecule has 0 spiro atoms. The van der Waals surface area contributed by atoms with E-state index in [0.29, 0.717) is 27.5 Å². The molecule has 0 saturated heterocycles. The molecule has 0 fully saturated rings. The fraction of sp³-hybridized carbons (Fsp3) is 0.182. The number of benzene rings is 1. The average molecular weight is 299 g/mol. The largest absolute Gasteiger partial charge is 0.497 e. The molecule has 6 heteroatoms. The molecule has 1 heterocycles. The third-order valence-corrected chi connectivity index (χ3v) is 3.08. The van der Waals surface area contributed by atoms with Gasteiger partial charge < -0.3 is 19.7 Å². The van der Waals surface area contributed by atoms with Crippen LogP contribution in [0.1, 0.15) is 0 Å². The Hall–Kier alpha value is -1.69. The predicted molar refractivity (Wildman–Crippen MR) is 67.2 cm³/mol. The molecule has 0 amide bonds. The van der Waals surface area contributed by atoms with Crippen LogP contribution >= 0.6 is 15.9 Å². The van der Waals surface area contributed by atoms with Crippen LogP contribution in [0.4, 0.5) is 5.82 Å². The Morgan fingerprint density at radius 1 is 1.29 bits per heavy atom. The molecule has 5 nitrogen and oxygen atoms in total. The fourth-order valence-electron chi connectivity index (χ4n) is 1.44. The Bertz CT molecular complexity index is 540. The normalized spacial score (nSPS) is 10.3. The summed E-state index contributed by atoms with van der Waals surface area (Å²) in [6, 6.07) is 5.39. The van der Waals surface area contributed by atoms with Crippen molar-refractivity contribution in [2.24, 2.45) is 0 Å². The van der Waals surface area contributed by atoms with Gasteiger partial charge in [-0.1, -0.05) is 5.16 Å². The van der Waals surface area contributed by atoms with Crippen molar-refractivity contribution < 1.29 is 14.0 Å². The van der Waals surface area contributed by atoms with Crippen molar-refractivity contribution in [3.8, 4) is 22.8 Å². The van der Waals surface area contributed by atoms with E-state index < -0.39 is 0 Å². The Balaban J connectivity index is 2.55. The molecule has 90 valence electrons. The van der Waals surface area contributed by atoms with E-state index in [4.69, 9.17) is 19.7 Å². The summed E-state index contributed by atoms with van der Waals surface area (Å²) in [5.74, 6) is 2.16. The first-order chi connectivity index (χ1) is 8.17. The van der Waals surface area contributed by atoms with Crippen LogP contribution in [0.2, 0.25) is 0 Å². The van der Waals surface area contributed by atoms with Gasteiger partial charge in [0.05, 0.1) is 19.8 Å². The smallest absolute Gasteiger partial charge is 0.187 e. The lowest BCUT2D eigenvalue weighted by molar-refractivity contribution is 0.391. The molecular weight excluding hydrogens is 288 g/mol. The fourth-order valence-corrected chi connectivity index (χ4v) is 1.80. The predicted octanol–water partition coefficient (Wildman–Crippen LogP) is 2.70. The summed E-state index contributed by atoms with van der Waals surface area (Å²) < 4.78 is 16.2. The van der Waals surface area contributed by atoms with Crippen LogP contribution in [0, 0.1) is 0 Å². The van der Waals surface area contributed by atoms with Gasteiger partial charge in [-0.15, -0.1) is 0 Å². The van der Waals surface area contributed by atoms with Crippen molar-refractivity contribution in [2.45, 2.75) is 0 Å². The van der Waals surface area contributed by atoms with Crippen LogP contribution in [0.3, 0.4) is 0 Å². The minimum absolute atomic E-state index is 0.304. The minimum atomic E-state index is 0.304.